The smallest absolute Gasteiger partial charge is 0.287 e. The molecule has 1 N–H and O–H groups in total. The van der Waals surface area contributed by atoms with Gasteiger partial charge in [0.1, 0.15) is 5.02 Å². The Morgan fingerprint density at radius 1 is 1.58 bits per heavy atom. The zero-order chi connectivity index (χ0) is 13.7. The van der Waals surface area contributed by atoms with Gasteiger partial charge in [0.15, 0.2) is 0 Å². The molecule has 106 valence electrons. The lowest BCUT2D eigenvalue weighted by atomic mass is 10.1. The lowest BCUT2D eigenvalue weighted by molar-refractivity contribution is 0.0247. The molecule has 6 heteroatoms. The minimum absolute atomic E-state index is 0.197. The zero-order valence-electron chi connectivity index (χ0n) is 11.2. The average Bonchev–Trinajstić information content (AvgIpc) is 2.44. The van der Waals surface area contributed by atoms with Gasteiger partial charge in [0.05, 0.1) is 18.0 Å². The molecule has 0 bridgehead atoms. The molecule has 2 heterocycles. The van der Waals surface area contributed by atoms with Crippen LogP contribution in [-0.4, -0.2) is 29.0 Å². The molecule has 1 aliphatic heterocycles. The Kier molecular flexibility index (Phi) is 5.22. The highest BCUT2D eigenvalue weighted by atomic mass is 35.5. The van der Waals surface area contributed by atoms with E-state index in [1.807, 2.05) is 6.92 Å². The van der Waals surface area contributed by atoms with Crippen molar-refractivity contribution in [3.05, 3.63) is 21.6 Å². The number of ether oxygens (including phenoxy) is 1. The summed E-state index contributed by atoms with van der Waals surface area (Å²) in [5, 5.41) is 7.48. The van der Waals surface area contributed by atoms with Crippen molar-refractivity contribution in [2.45, 2.75) is 45.3 Å². The van der Waals surface area contributed by atoms with Gasteiger partial charge in [-0.3, -0.25) is 4.79 Å². The SMILES string of the molecule is CCCn1ncc(NCC2CCCCO2)c(Cl)c1=O. The molecule has 1 atom stereocenters. The number of nitrogens with zero attached hydrogens (tertiary/aromatic N) is 2. The van der Waals surface area contributed by atoms with Crippen molar-refractivity contribution in [1.82, 2.24) is 9.78 Å². The quantitative estimate of drug-likeness (QED) is 0.902. The first-order valence-electron chi connectivity index (χ1n) is 6.83. The first kappa shape index (κ1) is 14.3. The Morgan fingerprint density at radius 3 is 3.11 bits per heavy atom. The number of hydrogen-bond donors (Lipinski definition) is 1. The lowest BCUT2D eigenvalue weighted by Crippen LogP contribution is -2.29. The maximum Gasteiger partial charge on any atom is 0.287 e. The lowest BCUT2D eigenvalue weighted by Gasteiger charge is -2.23. The highest BCUT2D eigenvalue weighted by Gasteiger charge is 2.15. The van der Waals surface area contributed by atoms with E-state index in [1.54, 1.807) is 6.20 Å². The van der Waals surface area contributed by atoms with Crippen LogP contribution < -0.4 is 10.9 Å². The molecule has 0 radical (unpaired) electrons. The molecular weight excluding hydrogens is 266 g/mol. The van der Waals surface area contributed by atoms with Gasteiger partial charge in [-0.05, 0) is 25.7 Å². The molecule has 1 unspecified atom stereocenters. The molecule has 19 heavy (non-hydrogen) atoms. The summed E-state index contributed by atoms with van der Waals surface area (Å²) in [4.78, 5) is 11.9. The van der Waals surface area contributed by atoms with Gasteiger partial charge in [0, 0.05) is 19.7 Å². The molecule has 0 aliphatic carbocycles. The van der Waals surface area contributed by atoms with Gasteiger partial charge >= 0.3 is 0 Å². The Balaban J connectivity index is 2.00. The maximum absolute atomic E-state index is 11.9. The van der Waals surface area contributed by atoms with Crippen molar-refractivity contribution < 1.29 is 4.74 Å². The van der Waals surface area contributed by atoms with E-state index >= 15 is 0 Å². The fourth-order valence-electron chi connectivity index (χ4n) is 2.15. The van der Waals surface area contributed by atoms with E-state index in [9.17, 15) is 4.79 Å². The van der Waals surface area contributed by atoms with Gasteiger partial charge in [0.2, 0.25) is 0 Å². The second kappa shape index (κ2) is 6.91. The van der Waals surface area contributed by atoms with Gasteiger partial charge in [-0.1, -0.05) is 18.5 Å². The van der Waals surface area contributed by atoms with Gasteiger partial charge in [-0.25, -0.2) is 4.68 Å². The van der Waals surface area contributed by atoms with E-state index in [4.69, 9.17) is 16.3 Å². The summed E-state index contributed by atoms with van der Waals surface area (Å²) in [7, 11) is 0. The number of hydrogen-bond acceptors (Lipinski definition) is 4. The van der Waals surface area contributed by atoms with Crippen molar-refractivity contribution in [2.24, 2.45) is 0 Å². The molecule has 1 aromatic heterocycles. The minimum Gasteiger partial charge on any atom is -0.380 e. The molecule has 1 aliphatic rings. The molecule has 5 nitrogen and oxygen atoms in total. The number of halogens is 1. The van der Waals surface area contributed by atoms with E-state index in [1.165, 1.54) is 11.1 Å². The summed E-state index contributed by atoms with van der Waals surface area (Å²) in [5.41, 5.74) is 0.353. The zero-order valence-corrected chi connectivity index (χ0v) is 11.9. The third-order valence-corrected chi connectivity index (χ3v) is 3.58. The standard InChI is InChI=1S/C13H20ClN3O2/c1-2-6-17-13(18)12(14)11(9-16-17)15-8-10-5-3-4-7-19-10/h9-10,15H,2-8H2,1H3. The van der Waals surface area contributed by atoms with E-state index in [0.717, 1.165) is 25.9 Å². The van der Waals surface area contributed by atoms with Crippen LogP contribution in [0.2, 0.25) is 5.02 Å². The van der Waals surface area contributed by atoms with Crippen molar-refractivity contribution in [3.8, 4) is 0 Å². The third-order valence-electron chi connectivity index (χ3n) is 3.21. The first-order valence-corrected chi connectivity index (χ1v) is 7.21. The summed E-state index contributed by atoms with van der Waals surface area (Å²) in [6.07, 6.45) is 6.03. The molecule has 0 saturated carbocycles. The summed E-state index contributed by atoms with van der Waals surface area (Å²) in [6, 6.07) is 0. The highest BCUT2D eigenvalue weighted by Crippen LogP contribution is 2.18. The molecule has 1 fully saturated rings. The minimum atomic E-state index is -0.238. The summed E-state index contributed by atoms with van der Waals surface area (Å²) >= 11 is 6.08. The number of nitrogens with one attached hydrogen (secondary N) is 1. The van der Waals surface area contributed by atoms with Crippen LogP contribution in [-0.2, 0) is 11.3 Å². The number of aryl methyl sites for hydroxylation is 1. The summed E-state index contributed by atoms with van der Waals surface area (Å²) in [6.45, 7) is 4.06. The number of anilines is 1. The predicted octanol–water partition coefficient (Wildman–Crippen LogP) is 2.29. The fraction of sp³-hybridized carbons (Fsp3) is 0.692. The Morgan fingerprint density at radius 2 is 2.42 bits per heavy atom. The normalized spacial score (nSPS) is 19.4. The van der Waals surface area contributed by atoms with E-state index in [0.29, 0.717) is 18.8 Å². The molecule has 0 aromatic carbocycles. The maximum atomic E-state index is 11.9. The van der Waals surface area contributed by atoms with Crippen LogP contribution in [0.5, 0.6) is 0 Å². The van der Waals surface area contributed by atoms with E-state index < -0.39 is 0 Å². The molecule has 0 spiro atoms. The Labute approximate surface area is 117 Å². The van der Waals surface area contributed by atoms with Crippen LogP contribution in [0.3, 0.4) is 0 Å². The molecule has 1 saturated heterocycles. The van der Waals surface area contributed by atoms with E-state index in [2.05, 4.69) is 10.4 Å². The number of aromatic nitrogens is 2. The third kappa shape index (κ3) is 3.70. The Bertz CT molecular complexity index is 469. The Hall–Kier alpha value is -1.07. The number of rotatable bonds is 5. The van der Waals surface area contributed by atoms with Gasteiger partial charge in [0.25, 0.3) is 5.56 Å². The highest BCUT2D eigenvalue weighted by molar-refractivity contribution is 6.32. The van der Waals surface area contributed by atoms with Crippen molar-refractivity contribution in [3.63, 3.8) is 0 Å². The van der Waals surface area contributed by atoms with Gasteiger partial charge in [-0.15, -0.1) is 0 Å². The van der Waals surface area contributed by atoms with Crippen LogP contribution in [0, 0.1) is 0 Å². The topological polar surface area (TPSA) is 56.1 Å². The second-order valence-electron chi connectivity index (χ2n) is 4.77. The first-order chi connectivity index (χ1) is 9.22. The summed E-state index contributed by atoms with van der Waals surface area (Å²) < 4.78 is 7.02. The van der Waals surface area contributed by atoms with Crippen LogP contribution in [0.1, 0.15) is 32.6 Å². The van der Waals surface area contributed by atoms with Gasteiger partial charge < -0.3 is 10.1 Å². The van der Waals surface area contributed by atoms with Crippen molar-refractivity contribution in [2.75, 3.05) is 18.5 Å². The predicted molar refractivity (Wildman–Crippen MR) is 75.9 cm³/mol. The molecule has 0 amide bonds. The van der Waals surface area contributed by atoms with Crippen LogP contribution in [0.15, 0.2) is 11.0 Å². The van der Waals surface area contributed by atoms with Crippen LogP contribution in [0.4, 0.5) is 5.69 Å². The van der Waals surface area contributed by atoms with Crippen molar-refractivity contribution >= 4 is 17.3 Å². The van der Waals surface area contributed by atoms with Crippen molar-refractivity contribution in [1.29, 1.82) is 0 Å². The monoisotopic (exact) mass is 285 g/mol. The molecule has 2 rings (SSSR count). The van der Waals surface area contributed by atoms with Crippen LogP contribution >= 0.6 is 11.6 Å². The largest absolute Gasteiger partial charge is 0.380 e. The molecular formula is C13H20ClN3O2. The average molecular weight is 286 g/mol. The second-order valence-corrected chi connectivity index (χ2v) is 5.15. The fourth-order valence-corrected chi connectivity index (χ4v) is 2.36. The summed E-state index contributed by atoms with van der Waals surface area (Å²) in [5.74, 6) is 0. The van der Waals surface area contributed by atoms with Crippen LogP contribution in [0.25, 0.3) is 0 Å². The molecule has 1 aromatic rings. The van der Waals surface area contributed by atoms with E-state index in [-0.39, 0.29) is 16.7 Å². The van der Waals surface area contributed by atoms with Gasteiger partial charge in [-0.2, -0.15) is 5.10 Å².